The number of rotatable bonds is 4. The zero-order chi connectivity index (χ0) is 13.9. The van der Waals surface area contributed by atoms with Crippen molar-refractivity contribution in [2.45, 2.75) is 32.2 Å². The summed E-state index contributed by atoms with van der Waals surface area (Å²) < 4.78 is 13.6. The van der Waals surface area contributed by atoms with Crippen LogP contribution in [0.15, 0.2) is 48.5 Å². The summed E-state index contributed by atoms with van der Waals surface area (Å²) in [5, 5.41) is 0. The van der Waals surface area contributed by atoms with Gasteiger partial charge in [-0.1, -0.05) is 49.7 Å². The molecule has 0 aliphatic heterocycles. The first-order chi connectivity index (χ1) is 9.08. The molecule has 0 saturated heterocycles. The van der Waals surface area contributed by atoms with Crippen LogP contribution >= 0.6 is 0 Å². The molecule has 0 spiro atoms. The topological polar surface area (TPSA) is 26.0 Å². The highest BCUT2D eigenvalue weighted by Crippen LogP contribution is 2.33. The third-order valence-corrected chi connectivity index (χ3v) is 3.61. The van der Waals surface area contributed by atoms with Gasteiger partial charge in [-0.3, -0.25) is 0 Å². The lowest BCUT2D eigenvalue weighted by molar-refractivity contribution is 0.478. The van der Waals surface area contributed by atoms with Crippen molar-refractivity contribution >= 4 is 0 Å². The second-order valence-electron chi connectivity index (χ2n) is 5.05. The molecule has 2 N–H and O–H groups in total. The number of aryl methyl sites for hydroxylation is 1. The maximum absolute atomic E-state index is 13.6. The van der Waals surface area contributed by atoms with E-state index in [1.54, 1.807) is 12.1 Å². The summed E-state index contributed by atoms with van der Waals surface area (Å²) in [5.74, 6) is -0.234. The van der Waals surface area contributed by atoms with Crippen LogP contribution in [0.25, 0.3) is 0 Å². The Morgan fingerprint density at radius 1 is 1.11 bits per heavy atom. The van der Waals surface area contributed by atoms with E-state index in [2.05, 4.69) is 6.92 Å². The summed E-state index contributed by atoms with van der Waals surface area (Å²) in [6.07, 6.45) is 1.74. The summed E-state index contributed by atoms with van der Waals surface area (Å²) in [6, 6.07) is 14.8. The van der Waals surface area contributed by atoms with Gasteiger partial charge in [0, 0.05) is 0 Å². The quantitative estimate of drug-likeness (QED) is 0.875. The van der Waals surface area contributed by atoms with Gasteiger partial charge in [0.2, 0.25) is 0 Å². The van der Waals surface area contributed by atoms with Gasteiger partial charge in [-0.15, -0.1) is 0 Å². The highest BCUT2D eigenvalue weighted by atomic mass is 19.1. The molecule has 0 fully saturated rings. The fourth-order valence-electron chi connectivity index (χ4n) is 2.64. The fourth-order valence-corrected chi connectivity index (χ4v) is 2.64. The maximum atomic E-state index is 13.6. The van der Waals surface area contributed by atoms with Crippen LogP contribution < -0.4 is 5.73 Å². The molecule has 0 aliphatic carbocycles. The molecular weight excluding hydrogens is 237 g/mol. The highest BCUT2D eigenvalue weighted by Gasteiger charge is 2.30. The maximum Gasteiger partial charge on any atom is 0.123 e. The van der Waals surface area contributed by atoms with E-state index < -0.39 is 5.54 Å². The van der Waals surface area contributed by atoms with Crippen molar-refractivity contribution in [2.24, 2.45) is 5.73 Å². The number of benzene rings is 2. The Bertz CT molecular complexity index is 550. The van der Waals surface area contributed by atoms with E-state index in [0.29, 0.717) is 0 Å². The molecule has 0 heterocycles. The second kappa shape index (κ2) is 5.54. The van der Waals surface area contributed by atoms with Crippen LogP contribution in [0.3, 0.4) is 0 Å². The number of hydrogen-bond acceptors (Lipinski definition) is 1. The van der Waals surface area contributed by atoms with Crippen molar-refractivity contribution in [1.82, 2.24) is 0 Å². The molecule has 1 nitrogen and oxygen atoms in total. The van der Waals surface area contributed by atoms with Crippen molar-refractivity contribution in [3.8, 4) is 0 Å². The molecular formula is C17H20FN. The Balaban J connectivity index is 2.59. The van der Waals surface area contributed by atoms with Gasteiger partial charge in [0.1, 0.15) is 5.82 Å². The van der Waals surface area contributed by atoms with Gasteiger partial charge in [-0.2, -0.15) is 0 Å². The van der Waals surface area contributed by atoms with Crippen LogP contribution in [0.1, 0.15) is 36.5 Å². The van der Waals surface area contributed by atoms with Crippen LogP contribution in [0, 0.1) is 12.7 Å². The monoisotopic (exact) mass is 257 g/mol. The van der Waals surface area contributed by atoms with E-state index in [4.69, 9.17) is 5.73 Å². The van der Waals surface area contributed by atoms with E-state index in [0.717, 1.165) is 29.5 Å². The zero-order valence-electron chi connectivity index (χ0n) is 11.5. The molecule has 2 aromatic carbocycles. The van der Waals surface area contributed by atoms with Crippen molar-refractivity contribution in [2.75, 3.05) is 0 Å². The molecule has 0 amide bonds. The lowest BCUT2D eigenvalue weighted by atomic mass is 9.78. The number of hydrogen-bond donors (Lipinski definition) is 1. The van der Waals surface area contributed by atoms with Crippen molar-refractivity contribution in [3.63, 3.8) is 0 Å². The predicted molar refractivity (Wildman–Crippen MR) is 77.5 cm³/mol. The summed E-state index contributed by atoms with van der Waals surface area (Å²) in [6.45, 7) is 4.08. The minimum Gasteiger partial charge on any atom is -0.318 e. The molecule has 1 atom stereocenters. The summed E-state index contributed by atoms with van der Waals surface area (Å²) in [4.78, 5) is 0. The summed E-state index contributed by atoms with van der Waals surface area (Å²) in [5.41, 5.74) is 8.97. The standard InChI is InChI=1S/C17H20FN/c1-3-11-17(19,14-7-5-4-6-8-14)16-12-15(18)10-9-13(16)2/h4-10,12H,3,11,19H2,1-2H3. The van der Waals surface area contributed by atoms with Gasteiger partial charge in [0.05, 0.1) is 5.54 Å². The summed E-state index contributed by atoms with van der Waals surface area (Å²) >= 11 is 0. The van der Waals surface area contributed by atoms with Crippen LogP contribution in [0.4, 0.5) is 4.39 Å². The molecule has 0 aromatic heterocycles. The van der Waals surface area contributed by atoms with Crippen molar-refractivity contribution in [1.29, 1.82) is 0 Å². The molecule has 0 radical (unpaired) electrons. The first kappa shape index (κ1) is 13.8. The van der Waals surface area contributed by atoms with Crippen LogP contribution in [0.2, 0.25) is 0 Å². The average molecular weight is 257 g/mol. The van der Waals surface area contributed by atoms with Gasteiger partial charge in [-0.05, 0) is 42.2 Å². The Morgan fingerprint density at radius 3 is 2.42 bits per heavy atom. The lowest BCUT2D eigenvalue weighted by Crippen LogP contribution is -2.38. The first-order valence-corrected chi connectivity index (χ1v) is 6.69. The zero-order valence-corrected chi connectivity index (χ0v) is 11.5. The van der Waals surface area contributed by atoms with E-state index in [9.17, 15) is 4.39 Å². The normalized spacial score (nSPS) is 14.1. The molecule has 0 bridgehead atoms. The average Bonchev–Trinajstić information content (AvgIpc) is 2.42. The molecule has 0 saturated carbocycles. The Kier molecular flexibility index (Phi) is 4.01. The second-order valence-corrected chi connectivity index (χ2v) is 5.05. The van der Waals surface area contributed by atoms with Crippen LogP contribution in [-0.2, 0) is 5.54 Å². The minimum atomic E-state index is -0.623. The Labute approximate surface area is 114 Å². The number of halogens is 1. The van der Waals surface area contributed by atoms with Gasteiger partial charge in [0.15, 0.2) is 0 Å². The predicted octanol–water partition coefficient (Wildman–Crippen LogP) is 4.14. The van der Waals surface area contributed by atoms with E-state index in [1.807, 2.05) is 37.3 Å². The molecule has 0 aliphatic rings. The minimum absolute atomic E-state index is 0.234. The summed E-state index contributed by atoms with van der Waals surface area (Å²) in [7, 11) is 0. The Hall–Kier alpha value is -1.67. The smallest absolute Gasteiger partial charge is 0.123 e. The lowest BCUT2D eigenvalue weighted by Gasteiger charge is -2.32. The van der Waals surface area contributed by atoms with Crippen LogP contribution in [0.5, 0.6) is 0 Å². The molecule has 2 heteroatoms. The fraction of sp³-hybridized carbons (Fsp3) is 0.294. The molecule has 2 rings (SSSR count). The van der Waals surface area contributed by atoms with Crippen LogP contribution in [-0.4, -0.2) is 0 Å². The van der Waals surface area contributed by atoms with E-state index in [1.165, 1.54) is 6.07 Å². The van der Waals surface area contributed by atoms with Gasteiger partial charge < -0.3 is 5.73 Å². The molecule has 2 aromatic rings. The SMILES string of the molecule is CCCC(N)(c1ccccc1)c1cc(F)ccc1C. The van der Waals surface area contributed by atoms with Gasteiger partial charge >= 0.3 is 0 Å². The van der Waals surface area contributed by atoms with E-state index >= 15 is 0 Å². The first-order valence-electron chi connectivity index (χ1n) is 6.69. The van der Waals surface area contributed by atoms with Crippen molar-refractivity contribution in [3.05, 3.63) is 71.0 Å². The third kappa shape index (κ3) is 2.69. The van der Waals surface area contributed by atoms with E-state index in [-0.39, 0.29) is 5.82 Å². The third-order valence-electron chi connectivity index (χ3n) is 3.61. The largest absolute Gasteiger partial charge is 0.318 e. The van der Waals surface area contributed by atoms with Crippen molar-refractivity contribution < 1.29 is 4.39 Å². The highest BCUT2D eigenvalue weighted by molar-refractivity contribution is 5.42. The number of nitrogens with two attached hydrogens (primary N) is 1. The van der Waals surface area contributed by atoms with Gasteiger partial charge in [0.25, 0.3) is 0 Å². The molecule has 100 valence electrons. The van der Waals surface area contributed by atoms with Gasteiger partial charge in [-0.25, -0.2) is 4.39 Å². The molecule has 1 unspecified atom stereocenters. The Morgan fingerprint density at radius 2 is 1.79 bits per heavy atom. The molecule has 19 heavy (non-hydrogen) atoms.